The molecule has 1 fully saturated rings. The second-order valence-corrected chi connectivity index (χ2v) is 15.8. The monoisotopic (exact) mass is 648 g/mol. The van der Waals surface area contributed by atoms with Crippen LogP contribution in [0.15, 0.2) is 66.7 Å². The average molecular weight is 649 g/mol. The van der Waals surface area contributed by atoms with Gasteiger partial charge < -0.3 is 14.7 Å². The van der Waals surface area contributed by atoms with E-state index in [1.54, 1.807) is 18.2 Å². The Bertz CT molecular complexity index is 1680. The summed E-state index contributed by atoms with van der Waals surface area (Å²) in [5.41, 5.74) is 4.27. The highest BCUT2D eigenvalue weighted by molar-refractivity contribution is 7.90. The molecule has 7 rings (SSSR count). The molecule has 0 unspecified atom stereocenters. The van der Waals surface area contributed by atoms with Gasteiger partial charge in [-0.2, -0.15) is 0 Å². The maximum absolute atomic E-state index is 13.5. The Morgan fingerprint density at radius 3 is 2.62 bits per heavy atom. The van der Waals surface area contributed by atoms with Crippen LogP contribution < -0.4 is 14.4 Å². The van der Waals surface area contributed by atoms with E-state index in [2.05, 4.69) is 21.8 Å². The van der Waals surface area contributed by atoms with Crippen molar-refractivity contribution in [3.63, 3.8) is 0 Å². The zero-order valence-corrected chi connectivity index (χ0v) is 27.0. The molecule has 9 heteroatoms. The third-order valence-corrected chi connectivity index (χ3v) is 12.3. The summed E-state index contributed by atoms with van der Waals surface area (Å²) in [6, 6.07) is 21.0. The molecule has 2 bridgehead atoms. The minimum Gasteiger partial charge on any atom is -0.490 e. The Balaban J connectivity index is 1.26. The van der Waals surface area contributed by atoms with Crippen molar-refractivity contribution < 1.29 is 23.1 Å². The summed E-state index contributed by atoms with van der Waals surface area (Å²) in [6.45, 7) is 1.94. The van der Waals surface area contributed by atoms with Gasteiger partial charge in [-0.05, 0) is 110 Å². The van der Waals surface area contributed by atoms with E-state index >= 15 is 0 Å². The Labute approximate surface area is 271 Å². The molecule has 3 aromatic rings. The van der Waals surface area contributed by atoms with E-state index in [4.69, 9.17) is 16.3 Å². The maximum atomic E-state index is 13.5. The van der Waals surface area contributed by atoms with Crippen molar-refractivity contribution in [2.24, 2.45) is 11.8 Å². The zero-order chi connectivity index (χ0) is 31.2. The highest BCUT2D eigenvalue weighted by atomic mass is 35.5. The van der Waals surface area contributed by atoms with E-state index in [0.717, 1.165) is 54.9 Å². The number of carbonyl (C=O) groups excluding carboxylic acids is 1. The lowest BCUT2D eigenvalue weighted by Gasteiger charge is -2.45. The predicted octanol–water partition coefficient (Wildman–Crippen LogP) is 6.23. The largest absolute Gasteiger partial charge is 0.490 e. The summed E-state index contributed by atoms with van der Waals surface area (Å²) in [4.78, 5) is 15.9. The fourth-order valence-electron chi connectivity index (χ4n) is 8.23. The van der Waals surface area contributed by atoms with Crippen LogP contribution in [0.1, 0.15) is 77.9 Å². The Hall–Kier alpha value is -3.07. The number of hydrogen-bond acceptors (Lipinski definition) is 6. The van der Waals surface area contributed by atoms with Gasteiger partial charge in [-0.1, -0.05) is 54.4 Å². The molecule has 3 aromatic carbocycles. The highest BCUT2D eigenvalue weighted by Crippen LogP contribution is 2.47. The van der Waals surface area contributed by atoms with Crippen molar-refractivity contribution in [2.45, 2.75) is 68.8 Å². The lowest BCUT2D eigenvalue weighted by molar-refractivity contribution is 0.00891. The number of aliphatic hydroxyl groups is 1. The number of nitrogens with one attached hydrogen (secondary N) is 1. The number of fused-ring (bicyclic) bond motifs is 4. The second-order valence-electron chi connectivity index (χ2n) is 13.6. The van der Waals surface area contributed by atoms with Crippen LogP contribution in [0.2, 0.25) is 5.02 Å². The first kappa shape index (κ1) is 30.6. The molecule has 0 radical (unpaired) electrons. The number of nitrogens with zero attached hydrogens (tertiary/aromatic N) is 1. The molecule has 2 N–H and O–H groups in total. The lowest BCUT2D eigenvalue weighted by Crippen LogP contribution is -2.49. The van der Waals surface area contributed by atoms with Gasteiger partial charge in [0.25, 0.3) is 5.91 Å². The Kier molecular flexibility index (Phi) is 8.34. The van der Waals surface area contributed by atoms with Crippen LogP contribution in [0.4, 0.5) is 5.69 Å². The Morgan fingerprint density at radius 2 is 1.82 bits per heavy atom. The zero-order valence-electron chi connectivity index (χ0n) is 25.5. The summed E-state index contributed by atoms with van der Waals surface area (Å²) >= 11 is 6.41. The number of aliphatic hydroxyl groups excluding tert-OH is 1. The van der Waals surface area contributed by atoms with Gasteiger partial charge in [0, 0.05) is 29.1 Å². The number of benzene rings is 3. The van der Waals surface area contributed by atoms with E-state index in [9.17, 15) is 18.3 Å². The highest BCUT2D eigenvalue weighted by Gasteiger charge is 2.44. The van der Waals surface area contributed by atoms with Crippen molar-refractivity contribution in [3.8, 4) is 5.75 Å². The van der Waals surface area contributed by atoms with Gasteiger partial charge in [0.2, 0.25) is 10.0 Å². The number of anilines is 1. The number of rotatable bonds is 1. The average Bonchev–Trinajstić information content (AvgIpc) is 3.15. The van der Waals surface area contributed by atoms with Crippen LogP contribution >= 0.6 is 11.6 Å². The van der Waals surface area contributed by atoms with Crippen LogP contribution in [0.25, 0.3) is 0 Å². The standard InChI is InChI=1S/C36H41ClN2O5S/c37-29-13-15-31-25(18-29)9-5-17-36(31)22-39-20-27-11-14-30(27)33(40)10-4-8-28(24-6-2-1-3-7-24)21-45(42,43)38-35(41)26-12-16-34(44-23-36)32(39)19-26/h1-3,6-7,12-13,15-16,18-19,27-28,30,33,40H,4-5,8-11,14,17,20-23H2,(H,38,41)/t27-,28+,30+,33-,36-/m0/s1. The van der Waals surface area contributed by atoms with Crippen molar-refractivity contribution in [1.82, 2.24) is 4.72 Å². The molecule has 1 amide bonds. The summed E-state index contributed by atoms with van der Waals surface area (Å²) in [5, 5.41) is 12.1. The third-order valence-electron chi connectivity index (χ3n) is 10.7. The van der Waals surface area contributed by atoms with Crippen molar-refractivity contribution in [3.05, 3.63) is 94.0 Å². The number of amides is 1. The minimum atomic E-state index is -3.95. The molecule has 2 heterocycles. The number of hydrogen-bond donors (Lipinski definition) is 2. The van der Waals surface area contributed by atoms with Gasteiger partial charge in [0.05, 0.1) is 24.2 Å². The van der Waals surface area contributed by atoms with Gasteiger partial charge in [-0.25, -0.2) is 13.1 Å². The molecule has 2 aliphatic carbocycles. The molecule has 45 heavy (non-hydrogen) atoms. The minimum absolute atomic E-state index is 0.185. The van der Waals surface area contributed by atoms with Gasteiger partial charge >= 0.3 is 0 Å². The first-order valence-corrected chi connectivity index (χ1v) is 18.3. The van der Waals surface area contributed by atoms with E-state index in [1.165, 1.54) is 11.1 Å². The SMILES string of the molecule is O=C1NS(=O)(=O)C[C@H](c2ccccc2)CCC[C@H](O)[C@@H]2CC[C@H]2CN2C[C@@]3(CCCc4cc(Cl)ccc43)COc3ccc1cc32. The second kappa shape index (κ2) is 12.3. The third kappa shape index (κ3) is 6.21. The molecule has 1 saturated carbocycles. The molecular formula is C36H41ClN2O5S. The topological polar surface area (TPSA) is 95.9 Å². The van der Waals surface area contributed by atoms with E-state index < -0.39 is 22.0 Å². The Morgan fingerprint density at radius 1 is 0.978 bits per heavy atom. The van der Waals surface area contributed by atoms with E-state index in [-0.39, 0.29) is 28.6 Å². The maximum Gasteiger partial charge on any atom is 0.264 e. The molecule has 1 spiro atoms. The quantitative estimate of drug-likeness (QED) is 0.325. The van der Waals surface area contributed by atoms with E-state index in [1.807, 2.05) is 36.4 Å². The number of ether oxygens (including phenoxy) is 1. The first-order chi connectivity index (χ1) is 21.7. The van der Waals surface area contributed by atoms with Gasteiger partial charge in [0.15, 0.2) is 0 Å². The number of halogens is 1. The fraction of sp³-hybridized carbons (Fsp3) is 0.472. The summed E-state index contributed by atoms with van der Waals surface area (Å²) < 4.78 is 35.7. The molecular weight excluding hydrogens is 608 g/mol. The number of aryl methyl sites for hydroxylation is 1. The van der Waals surface area contributed by atoms with Crippen molar-refractivity contribution in [1.29, 1.82) is 0 Å². The van der Waals surface area contributed by atoms with Crippen molar-refractivity contribution in [2.75, 3.05) is 30.3 Å². The molecule has 0 aromatic heterocycles. The van der Waals surface area contributed by atoms with Crippen molar-refractivity contribution >= 4 is 33.2 Å². The number of carbonyl (C=O) groups is 1. The van der Waals surface area contributed by atoms with Gasteiger partial charge in [-0.3, -0.25) is 4.79 Å². The summed E-state index contributed by atoms with van der Waals surface area (Å²) in [5.74, 6) is 0.0709. The predicted molar refractivity (Wildman–Crippen MR) is 177 cm³/mol. The molecule has 5 atom stereocenters. The molecule has 7 nitrogen and oxygen atoms in total. The molecule has 0 saturated heterocycles. The van der Waals surface area contributed by atoms with Crippen LogP contribution in [0.5, 0.6) is 5.75 Å². The molecule has 2 aliphatic heterocycles. The van der Waals surface area contributed by atoms with Gasteiger partial charge in [0.1, 0.15) is 5.75 Å². The van der Waals surface area contributed by atoms with Gasteiger partial charge in [-0.15, -0.1) is 0 Å². The first-order valence-electron chi connectivity index (χ1n) is 16.3. The normalized spacial score (nSPS) is 29.7. The summed E-state index contributed by atoms with van der Waals surface area (Å²) in [6.07, 6.45) is 6.50. The smallest absolute Gasteiger partial charge is 0.264 e. The fourth-order valence-corrected chi connectivity index (χ4v) is 9.80. The van der Waals surface area contributed by atoms with Crippen LogP contribution in [-0.4, -0.2) is 51.0 Å². The summed E-state index contributed by atoms with van der Waals surface area (Å²) in [7, 11) is -3.95. The van der Waals surface area contributed by atoms with Crippen LogP contribution in [-0.2, 0) is 21.9 Å². The lowest BCUT2D eigenvalue weighted by atomic mass is 9.68. The molecule has 238 valence electrons. The molecule has 4 aliphatic rings. The van der Waals surface area contributed by atoms with E-state index in [0.29, 0.717) is 44.1 Å². The van der Waals surface area contributed by atoms with Crippen LogP contribution in [0, 0.1) is 11.8 Å². The van der Waals surface area contributed by atoms with Crippen LogP contribution in [0.3, 0.4) is 0 Å². The number of sulfonamides is 1.